The van der Waals surface area contributed by atoms with E-state index in [2.05, 4.69) is 19.9 Å². The number of esters is 1. The van der Waals surface area contributed by atoms with Crippen molar-refractivity contribution < 1.29 is 14.3 Å². The second-order valence-corrected chi connectivity index (χ2v) is 9.06. The maximum Gasteiger partial charge on any atom is 0.305 e. The van der Waals surface area contributed by atoms with Gasteiger partial charge in [-0.05, 0) is 68.4 Å². The first kappa shape index (κ1) is 17.1. The molecule has 4 aliphatic rings. The second-order valence-electron chi connectivity index (χ2n) is 9.06. The molecule has 3 nitrogen and oxygen atoms in total. The van der Waals surface area contributed by atoms with Gasteiger partial charge in [-0.3, -0.25) is 9.59 Å². The molecule has 4 aliphatic carbocycles. The fraction of sp³-hybridized carbons (Fsp3) is 0.727. The Labute approximate surface area is 150 Å². The third-order valence-corrected chi connectivity index (χ3v) is 8.03. The summed E-state index contributed by atoms with van der Waals surface area (Å²) in [5, 5.41) is 0. The highest BCUT2D eigenvalue weighted by Gasteiger charge is 2.59. The summed E-state index contributed by atoms with van der Waals surface area (Å²) < 4.78 is 5.85. The highest BCUT2D eigenvalue weighted by atomic mass is 16.5. The van der Waals surface area contributed by atoms with E-state index in [4.69, 9.17) is 4.74 Å². The Bertz CT molecular complexity index is 660. The molecule has 4 rings (SSSR count). The average molecular weight is 342 g/mol. The van der Waals surface area contributed by atoms with Crippen molar-refractivity contribution in [2.75, 3.05) is 0 Å². The smallest absolute Gasteiger partial charge is 0.305 e. The standard InChI is InChI=1S/C22H30O3/c1-4-20(24)25-19-8-7-17-16-6-5-14-13-15(23)9-11-21(14,2)18(16)10-12-22(17,19)3/h9,11,13,16-19H,4-8,10,12H2,1-3H3/t16-,17-,18+,19-,21-,22-/m0/s1. The number of rotatable bonds is 2. The maximum absolute atomic E-state index is 11.9. The van der Waals surface area contributed by atoms with E-state index >= 15 is 0 Å². The van der Waals surface area contributed by atoms with Crippen LogP contribution in [0.5, 0.6) is 0 Å². The van der Waals surface area contributed by atoms with Gasteiger partial charge in [0.05, 0.1) is 0 Å². The topological polar surface area (TPSA) is 43.4 Å². The number of carbonyl (C=O) groups excluding carboxylic acids is 2. The highest BCUT2D eigenvalue weighted by Crippen LogP contribution is 2.64. The van der Waals surface area contributed by atoms with E-state index in [9.17, 15) is 9.59 Å². The van der Waals surface area contributed by atoms with E-state index in [1.807, 2.05) is 13.0 Å². The van der Waals surface area contributed by atoms with Crippen LogP contribution >= 0.6 is 0 Å². The van der Waals surface area contributed by atoms with Crippen LogP contribution in [-0.4, -0.2) is 17.9 Å². The number of allylic oxidation sites excluding steroid dienone is 4. The predicted octanol–water partition coefficient (Wildman–Crippen LogP) is 4.62. The molecule has 136 valence electrons. The number of hydrogen-bond donors (Lipinski definition) is 0. The second kappa shape index (κ2) is 5.82. The third kappa shape index (κ3) is 2.45. The Hall–Kier alpha value is -1.38. The molecule has 3 heteroatoms. The first-order valence-electron chi connectivity index (χ1n) is 10.0. The van der Waals surface area contributed by atoms with Crippen molar-refractivity contribution in [3.8, 4) is 0 Å². The summed E-state index contributed by atoms with van der Waals surface area (Å²) in [6, 6.07) is 0. The van der Waals surface area contributed by atoms with Gasteiger partial charge in [0.2, 0.25) is 0 Å². The van der Waals surface area contributed by atoms with Gasteiger partial charge in [-0.25, -0.2) is 0 Å². The van der Waals surface area contributed by atoms with E-state index in [1.165, 1.54) is 24.8 Å². The van der Waals surface area contributed by atoms with Crippen molar-refractivity contribution in [1.29, 1.82) is 0 Å². The Kier molecular flexibility index (Phi) is 3.97. The quantitative estimate of drug-likeness (QED) is 0.688. The van der Waals surface area contributed by atoms with Crippen molar-refractivity contribution in [1.82, 2.24) is 0 Å². The minimum absolute atomic E-state index is 0.0519. The maximum atomic E-state index is 11.9. The molecule has 0 aromatic heterocycles. The van der Waals surface area contributed by atoms with Crippen LogP contribution in [0.1, 0.15) is 65.7 Å². The predicted molar refractivity (Wildman–Crippen MR) is 96.8 cm³/mol. The van der Waals surface area contributed by atoms with Crippen molar-refractivity contribution in [3.05, 3.63) is 23.8 Å². The van der Waals surface area contributed by atoms with Gasteiger partial charge in [-0.15, -0.1) is 0 Å². The van der Waals surface area contributed by atoms with Crippen LogP contribution in [0.25, 0.3) is 0 Å². The van der Waals surface area contributed by atoms with Crippen molar-refractivity contribution >= 4 is 11.8 Å². The SMILES string of the molecule is CCC(=O)O[C@H]1CC[C@H]2[C@@H]3CCC4=CC(=O)C=C[C@]4(C)[C@@H]3CC[C@]12C. The highest BCUT2D eigenvalue weighted by molar-refractivity contribution is 6.01. The molecule has 3 fully saturated rings. The molecule has 0 amide bonds. The normalized spacial score (nSPS) is 45.2. The van der Waals surface area contributed by atoms with Gasteiger partial charge in [0.25, 0.3) is 0 Å². The van der Waals surface area contributed by atoms with Crippen LogP contribution in [0.15, 0.2) is 23.8 Å². The van der Waals surface area contributed by atoms with Crippen LogP contribution in [0.2, 0.25) is 0 Å². The van der Waals surface area contributed by atoms with E-state index < -0.39 is 0 Å². The first-order chi connectivity index (χ1) is 11.9. The van der Waals surface area contributed by atoms with E-state index in [0.29, 0.717) is 24.2 Å². The van der Waals surface area contributed by atoms with Crippen molar-refractivity contribution in [2.24, 2.45) is 28.6 Å². The Balaban J connectivity index is 1.60. The number of fused-ring (bicyclic) bond motifs is 5. The van der Waals surface area contributed by atoms with Crippen LogP contribution in [0.4, 0.5) is 0 Å². The summed E-state index contributed by atoms with van der Waals surface area (Å²) in [6.07, 6.45) is 13.1. The molecule has 0 bridgehead atoms. The average Bonchev–Trinajstić information content (AvgIpc) is 2.92. The molecule has 3 saturated carbocycles. The molecule has 0 aromatic carbocycles. The molecule has 0 N–H and O–H groups in total. The van der Waals surface area contributed by atoms with Gasteiger partial charge < -0.3 is 4.74 Å². The minimum Gasteiger partial charge on any atom is -0.462 e. The number of ketones is 1. The molecule has 0 unspecified atom stereocenters. The number of ether oxygens (including phenoxy) is 1. The van der Waals surface area contributed by atoms with E-state index in [0.717, 1.165) is 19.3 Å². The summed E-state index contributed by atoms with van der Waals surface area (Å²) in [5.74, 6) is 2.05. The van der Waals surface area contributed by atoms with E-state index in [1.54, 1.807) is 6.08 Å². The van der Waals surface area contributed by atoms with Crippen LogP contribution < -0.4 is 0 Å². The zero-order valence-corrected chi connectivity index (χ0v) is 15.7. The molecular formula is C22H30O3. The van der Waals surface area contributed by atoms with Gasteiger partial charge in [-0.1, -0.05) is 32.4 Å². The third-order valence-electron chi connectivity index (χ3n) is 8.03. The van der Waals surface area contributed by atoms with Crippen molar-refractivity contribution in [2.45, 2.75) is 71.8 Å². The molecule has 0 aliphatic heterocycles. The lowest BCUT2D eigenvalue weighted by Crippen LogP contribution is -2.51. The number of carbonyl (C=O) groups is 2. The molecule has 25 heavy (non-hydrogen) atoms. The summed E-state index contributed by atoms with van der Waals surface area (Å²) >= 11 is 0. The molecular weight excluding hydrogens is 312 g/mol. The molecule has 0 aromatic rings. The van der Waals surface area contributed by atoms with Gasteiger partial charge in [0, 0.05) is 17.3 Å². The molecule has 0 saturated heterocycles. The largest absolute Gasteiger partial charge is 0.462 e. The lowest BCUT2D eigenvalue weighted by atomic mass is 9.48. The summed E-state index contributed by atoms with van der Waals surface area (Å²) in [5.41, 5.74) is 1.53. The molecule has 0 spiro atoms. The van der Waals surface area contributed by atoms with Crippen LogP contribution in [-0.2, 0) is 14.3 Å². The van der Waals surface area contributed by atoms with E-state index in [-0.39, 0.29) is 28.7 Å². The monoisotopic (exact) mass is 342 g/mol. The van der Waals surface area contributed by atoms with Gasteiger partial charge >= 0.3 is 5.97 Å². The van der Waals surface area contributed by atoms with Gasteiger partial charge in [0.1, 0.15) is 6.10 Å². The minimum atomic E-state index is -0.0523. The lowest BCUT2D eigenvalue weighted by molar-refractivity contribution is -0.158. The zero-order valence-electron chi connectivity index (χ0n) is 15.7. The van der Waals surface area contributed by atoms with Crippen molar-refractivity contribution in [3.63, 3.8) is 0 Å². The zero-order chi connectivity index (χ0) is 17.8. The summed E-state index contributed by atoms with van der Waals surface area (Å²) in [6.45, 7) is 6.58. The van der Waals surface area contributed by atoms with Gasteiger partial charge in [0.15, 0.2) is 5.78 Å². The fourth-order valence-corrected chi connectivity index (χ4v) is 6.59. The summed E-state index contributed by atoms with van der Waals surface area (Å²) in [4.78, 5) is 23.7. The Morgan fingerprint density at radius 3 is 2.76 bits per heavy atom. The van der Waals surface area contributed by atoms with Crippen LogP contribution in [0, 0.1) is 28.6 Å². The van der Waals surface area contributed by atoms with Crippen LogP contribution in [0.3, 0.4) is 0 Å². The fourth-order valence-electron chi connectivity index (χ4n) is 6.59. The first-order valence-corrected chi connectivity index (χ1v) is 10.0. The van der Waals surface area contributed by atoms with Gasteiger partial charge in [-0.2, -0.15) is 0 Å². The molecule has 0 heterocycles. The Morgan fingerprint density at radius 2 is 2.00 bits per heavy atom. The lowest BCUT2D eigenvalue weighted by Gasteiger charge is -2.56. The molecule has 0 radical (unpaired) electrons. The summed E-state index contributed by atoms with van der Waals surface area (Å²) in [7, 11) is 0. The molecule has 6 atom stereocenters. The number of hydrogen-bond acceptors (Lipinski definition) is 3. The Morgan fingerprint density at radius 1 is 1.20 bits per heavy atom.